The molecule has 2 heterocycles. The molecule has 3 rings (SSSR count). The summed E-state index contributed by atoms with van der Waals surface area (Å²) < 4.78 is 30.9. The molecule has 0 bridgehead atoms. The van der Waals surface area contributed by atoms with Gasteiger partial charge < -0.3 is 4.74 Å². The van der Waals surface area contributed by atoms with Crippen molar-refractivity contribution in [2.75, 3.05) is 13.1 Å². The molecule has 1 saturated heterocycles. The minimum atomic E-state index is -3.03. The zero-order chi connectivity index (χ0) is 12.8. The second-order valence-corrected chi connectivity index (χ2v) is 7.13. The number of hydrogen-bond acceptors (Lipinski definition) is 4. The lowest BCUT2D eigenvalue weighted by Gasteiger charge is -2.37. The van der Waals surface area contributed by atoms with Crippen LogP contribution in [0.4, 0.5) is 0 Å². The van der Waals surface area contributed by atoms with Gasteiger partial charge in [0, 0.05) is 11.8 Å². The summed E-state index contributed by atoms with van der Waals surface area (Å²) in [6.45, 7) is 2.81. The van der Waals surface area contributed by atoms with Crippen LogP contribution < -0.4 is 4.74 Å². The van der Waals surface area contributed by atoms with Gasteiger partial charge in [-0.2, -0.15) is 4.31 Å². The first-order chi connectivity index (χ1) is 8.55. The van der Waals surface area contributed by atoms with Crippen LogP contribution in [0, 0.1) is 6.92 Å². The Labute approximate surface area is 107 Å². The average Bonchev–Trinajstić information content (AvgIpc) is 3.06. The third-order valence-corrected chi connectivity index (χ3v) is 5.60. The number of pyridine rings is 1. The third kappa shape index (κ3) is 2.22. The van der Waals surface area contributed by atoms with Crippen molar-refractivity contribution in [1.29, 1.82) is 0 Å². The lowest BCUT2D eigenvalue weighted by molar-refractivity contribution is 0.0718. The highest BCUT2D eigenvalue weighted by Crippen LogP contribution is 2.33. The van der Waals surface area contributed by atoms with Gasteiger partial charge in [-0.15, -0.1) is 0 Å². The first kappa shape index (κ1) is 11.9. The lowest BCUT2D eigenvalue weighted by atomic mass is 10.2. The fourth-order valence-electron chi connectivity index (χ4n) is 2.01. The molecule has 0 N–H and O–H groups in total. The predicted octanol–water partition coefficient (Wildman–Crippen LogP) is 0.945. The van der Waals surface area contributed by atoms with Crippen molar-refractivity contribution in [3.05, 3.63) is 23.9 Å². The zero-order valence-corrected chi connectivity index (χ0v) is 11.1. The fraction of sp³-hybridized carbons (Fsp3) is 0.583. The number of aryl methyl sites for hydroxylation is 1. The molecule has 1 aliphatic heterocycles. The molecule has 1 aromatic rings. The summed E-state index contributed by atoms with van der Waals surface area (Å²) in [6.07, 6.45) is 1.56. The quantitative estimate of drug-likeness (QED) is 0.815. The van der Waals surface area contributed by atoms with Gasteiger partial charge in [0.15, 0.2) is 0 Å². The molecule has 1 aromatic heterocycles. The summed E-state index contributed by atoms with van der Waals surface area (Å²) in [5.74, 6) is 0.573. The Morgan fingerprint density at radius 1 is 1.33 bits per heavy atom. The van der Waals surface area contributed by atoms with Crippen LogP contribution in [0.2, 0.25) is 0 Å². The molecule has 0 radical (unpaired) electrons. The molecule has 98 valence electrons. The van der Waals surface area contributed by atoms with Crippen molar-refractivity contribution in [3.8, 4) is 5.88 Å². The number of sulfonamides is 1. The van der Waals surface area contributed by atoms with Crippen LogP contribution in [-0.2, 0) is 10.0 Å². The van der Waals surface area contributed by atoms with Crippen LogP contribution in [0.25, 0.3) is 0 Å². The van der Waals surface area contributed by atoms with Gasteiger partial charge in [-0.1, -0.05) is 6.07 Å². The number of aromatic nitrogens is 1. The molecule has 1 saturated carbocycles. The van der Waals surface area contributed by atoms with Gasteiger partial charge in [0.05, 0.1) is 18.3 Å². The van der Waals surface area contributed by atoms with E-state index in [9.17, 15) is 8.42 Å². The zero-order valence-electron chi connectivity index (χ0n) is 10.2. The number of hydrogen-bond donors (Lipinski definition) is 0. The molecule has 0 atom stereocenters. The van der Waals surface area contributed by atoms with Crippen molar-refractivity contribution in [2.24, 2.45) is 0 Å². The van der Waals surface area contributed by atoms with E-state index in [0.29, 0.717) is 19.0 Å². The maximum Gasteiger partial charge on any atom is 0.217 e. The van der Waals surface area contributed by atoms with E-state index in [-0.39, 0.29) is 11.4 Å². The summed E-state index contributed by atoms with van der Waals surface area (Å²) in [5, 5.41) is -0.129. The molecular weight excluding hydrogens is 252 g/mol. The fourth-order valence-corrected chi connectivity index (χ4v) is 3.92. The SMILES string of the molecule is Cc1cccc(OC2CN(S(=O)(=O)C3CC3)C2)n1. The highest BCUT2D eigenvalue weighted by Gasteiger charge is 2.45. The molecule has 0 aromatic carbocycles. The normalized spacial score (nSPS) is 21.6. The number of rotatable bonds is 4. The van der Waals surface area contributed by atoms with Crippen molar-refractivity contribution < 1.29 is 13.2 Å². The predicted molar refractivity (Wildman–Crippen MR) is 66.9 cm³/mol. The summed E-state index contributed by atoms with van der Waals surface area (Å²) in [7, 11) is -3.03. The van der Waals surface area contributed by atoms with Gasteiger partial charge in [0.2, 0.25) is 15.9 Å². The van der Waals surface area contributed by atoms with Crippen LogP contribution in [0.3, 0.4) is 0 Å². The van der Waals surface area contributed by atoms with E-state index in [1.807, 2.05) is 19.1 Å². The minimum absolute atomic E-state index is 0.0622. The van der Waals surface area contributed by atoms with Crippen molar-refractivity contribution in [1.82, 2.24) is 9.29 Å². The maximum absolute atomic E-state index is 11.9. The van der Waals surface area contributed by atoms with E-state index in [1.54, 1.807) is 6.07 Å². The molecule has 5 nitrogen and oxygen atoms in total. The minimum Gasteiger partial charge on any atom is -0.472 e. The van der Waals surface area contributed by atoms with Gasteiger partial charge in [-0.05, 0) is 25.8 Å². The van der Waals surface area contributed by atoms with Crippen LogP contribution in [-0.4, -0.2) is 42.2 Å². The number of ether oxygens (including phenoxy) is 1. The van der Waals surface area contributed by atoms with Crippen LogP contribution in [0.15, 0.2) is 18.2 Å². The first-order valence-electron chi connectivity index (χ1n) is 6.15. The first-order valence-corrected chi connectivity index (χ1v) is 7.65. The highest BCUT2D eigenvalue weighted by atomic mass is 32.2. The molecule has 0 amide bonds. The Balaban J connectivity index is 1.56. The lowest BCUT2D eigenvalue weighted by Crippen LogP contribution is -2.56. The topological polar surface area (TPSA) is 59.5 Å². The van der Waals surface area contributed by atoms with Gasteiger partial charge in [0.25, 0.3) is 0 Å². The largest absolute Gasteiger partial charge is 0.472 e. The summed E-state index contributed by atoms with van der Waals surface area (Å²) in [5.41, 5.74) is 0.897. The number of nitrogens with zero attached hydrogens (tertiary/aromatic N) is 2. The summed E-state index contributed by atoms with van der Waals surface area (Å²) >= 11 is 0. The van der Waals surface area contributed by atoms with Crippen LogP contribution >= 0.6 is 0 Å². The Bertz CT molecular complexity index is 548. The summed E-state index contributed by atoms with van der Waals surface area (Å²) in [4.78, 5) is 4.24. The molecule has 2 fully saturated rings. The van der Waals surface area contributed by atoms with Gasteiger partial charge >= 0.3 is 0 Å². The Morgan fingerprint density at radius 2 is 2.06 bits per heavy atom. The molecule has 6 heteroatoms. The van der Waals surface area contributed by atoms with Crippen molar-refractivity contribution in [2.45, 2.75) is 31.1 Å². The molecule has 0 unspecified atom stereocenters. The van der Waals surface area contributed by atoms with Crippen molar-refractivity contribution >= 4 is 10.0 Å². The standard InChI is InChI=1S/C12H16N2O3S/c1-9-3-2-4-12(13-9)17-10-7-14(8-10)18(15,16)11-5-6-11/h2-4,10-11H,5-8H2,1H3. The molecule has 0 spiro atoms. The van der Waals surface area contributed by atoms with Gasteiger partial charge in [-0.25, -0.2) is 13.4 Å². The second-order valence-electron chi connectivity index (χ2n) is 4.92. The summed E-state index contributed by atoms with van der Waals surface area (Å²) in [6, 6.07) is 5.58. The molecular formula is C12H16N2O3S. The molecule has 1 aliphatic carbocycles. The van der Waals surface area contributed by atoms with Gasteiger partial charge in [0.1, 0.15) is 6.10 Å². The maximum atomic E-state index is 11.9. The van der Waals surface area contributed by atoms with E-state index in [4.69, 9.17) is 4.74 Å². The van der Waals surface area contributed by atoms with E-state index in [0.717, 1.165) is 18.5 Å². The van der Waals surface area contributed by atoms with Crippen LogP contribution in [0.1, 0.15) is 18.5 Å². The van der Waals surface area contributed by atoms with E-state index < -0.39 is 10.0 Å². The molecule has 2 aliphatic rings. The van der Waals surface area contributed by atoms with E-state index >= 15 is 0 Å². The van der Waals surface area contributed by atoms with Crippen molar-refractivity contribution in [3.63, 3.8) is 0 Å². The Hall–Kier alpha value is -1.14. The van der Waals surface area contributed by atoms with Gasteiger partial charge in [-0.3, -0.25) is 0 Å². The van der Waals surface area contributed by atoms with E-state index in [1.165, 1.54) is 4.31 Å². The second kappa shape index (κ2) is 4.20. The molecule has 18 heavy (non-hydrogen) atoms. The Kier molecular flexibility index (Phi) is 2.79. The average molecular weight is 268 g/mol. The third-order valence-electron chi connectivity index (χ3n) is 3.27. The highest BCUT2D eigenvalue weighted by molar-refractivity contribution is 7.90. The van der Waals surface area contributed by atoms with Crippen LogP contribution in [0.5, 0.6) is 5.88 Å². The smallest absolute Gasteiger partial charge is 0.217 e. The monoisotopic (exact) mass is 268 g/mol. The van der Waals surface area contributed by atoms with E-state index in [2.05, 4.69) is 4.98 Å². The Morgan fingerprint density at radius 3 is 2.67 bits per heavy atom.